The number of hydrogen-bond acceptors (Lipinski definition) is 3. The van der Waals surface area contributed by atoms with Crippen molar-refractivity contribution in [2.24, 2.45) is 5.73 Å². The summed E-state index contributed by atoms with van der Waals surface area (Å²) in [6.07, 6.45) is 0. The van der Waals surface area contributed by atoms with Crippen LogP contribution in [-0.2, 0) is 0 Å². The molecule has 0 aliphatic rings. The molecule has 5 heteroatoms. The summed E-state index contributed by atoms with van der Waals surface area (Å²) in [4.78, 5) is 4.27. The van der Waals surface area contributed by atoms with Crippen LogP contribution >= 0.6 is 22.9 Å². The zero-order valence-corrected chi connectivity index (χ0v) is 10.1. The van der Waals surface area contributed by atoms with Crippen LogP contribution in [0.2, 0.25) is 5.02 Å². The van der Waals surface area contributed by atoms with Gasteiger partial charge in [-0.15, -0.1) is 11.3 Å². The Labute approximate surface area is 102 Å². The minimum atomic E-state index is -0.479. The van der Waals surface area contributed by atoms with Crippen LogP contribution in [0.1, 0.15) is 22.3 Å². The molecule has 16 heavy (non-hydrogen) atoms. The molecular formula is C11H10ClFN2S. The van der Waals surface area contributed by atoms with Crippen LogP contribution in [0.25, 0.3) is 0 Å². The Morgan fingerprint density at radius 1 is 1.50 bits per heavy atom. The molecule has 0 bridgehead atoms. The lowest BCUT2D eigenvalue weighted by Crippen LogP contribution is -2.13. The summed E-state index contributed by atoms with van der Waals surface area (Å²) in [5.41, 5.74) is 7.27. The van der Waals surface area contributed by atoms with E-state index in [2.05, 4.69) is 4.98 Å². The van der Waals surface area contributed by atoms with Gasteiger partial charge in [-0.25, -0.2) is 9.37 Å². The molecule has 0 fully saturated rings. The van der Waals surface area contributed by atoms with E-state index in [0.717, 1.165) is 10.7 Å². The molecular weight excluding hydrogens is 247 g/mol. The lowest BCUT2D eigenvalue weighted by Gasteiger charge is -2.11. The highest BCUT2D eigenvalue weighted by Crippen LogP contribution is 2.27. The van der Waals surface area contributed by atoms with Gasteiger partial charge < -0.3 is 5.73 Å². The Hall–Kier alpha value is -0.970. The summed E-state index contributed by atoms with van der Waals surface area (Å²) >= 11 is 7.49. The fourth-order valence-corrected chi connectivity index (χ4v) is 2.32. The normalized spacial score (nSPS) is 12.8. The first-order valence-electron chi connectivity index (χ1n) is 4.70. The van der Waals surface area contributed by atoms with Gasteiger partial charge in [-0.3, -0.25) is 0 Å². The van der Waals surface area contributed by atoms with E-state index in [-0.39, 0.29) is 5.82 Å². The van der Waals surface area contributed by atoms with Crippen molar-refractivity contribution in [1.82, 2.24) is 4.98 Å². The first-order valence-corrected chi connectivity index (χ1v) is 5.96. The zero-order chi connectivity index (χ0) is 11.7. The van der Waals surface area contributed by atoms with E-state index in [9.17, 15) is 4.39 Å². The van der Waals surface area contributed by atoms with E-state index >= 15 is 0 Å². The molecule has 1 atom stereocenters. The summed E-state index contributed by atoms with van der Waals surface area (Å²) in [5, 5.41) is 3.25. The lowest BCUT2D eigenvalue weighted by molar-refractivity contribution is 0.623. The summed E-state index contributed by atoms with van der Waals surface area (Å²) in [7, 11) is 0. The third-order valence-corrected chi connectivity index (χ3v) is 3.38. The predicted molar refractivity (Wildman–Crippen MR) is 64.3 cm³/mol. The average molecular weight is 257 g/mol. The number of aryl methyl sites for hydroxylation is 1. The fourth-order valence-electron chi connectivity index (χ4n) is 1.44. The van der Waals surface area contributed by atoms with E-state index in [1.54, 1.807) is 0 Å². The molecule has 1 unspecified atom stereocenters. The van der Waals surface area contributed by atoms with Crippen molar-refractivity contribution >= 4 is 22.9 Å². The van der Waals surface area contributed by atoms with Gasteiger partial charge in [0.2, 0.25) is 0 Å². The molecule has 0 aliphatic heterocycles. The van der Waals surface area contributed by atoms with Gasteiger partial charge in [-0.2, -0.15) is 0 Å². The van der Waals surface area contributed by atoms with Crippen molar-refractivity contribution in [3.63, 3.8) is 0 Å². The van der Waals surface area contributed by atoms with Gasteiger partial charge in [-0.05, 0) is 30.7 Å². The van der Waals surface area contributed by atoms with Gasteiger partial charge in [0, 0.05) is 10.4 Å². The molecule has 0 radical (unpaired) electrons. The standard InChI is InChI=1S/C11H10ClFN2S/c1-6-15-10(5-16-6)11(14)8-4-7(13)2-3-9(8)12/h2-5,11H,14H2,1H3. The number of nitrogens with zero attached hydrogens (tertiary/aromatic N) is 1. The number of hydrogen-bond donors (Lipinski definition) is 1. The highest BCUT2D eigenvalue weighted by molar-refractivity contribution is 7.09. The van der Waals surface area contributed by atoms with Crippen LogP contribution in [0.15, 0.2) is 23.6 Å². The number of benzene rings is 1. The molecule has 0 aliphatic carbocycles. The monoisotopic (exact) mass is 256 g/mol. The molecule has 84 valence electrons. The van der Waals surface area contributed by atoms with E-state index in [1.807, 2.05) is 12.3 Å². The molecule has 1 aromatic carbocycles. The Morgan fingerprint density at radius 2 is 2.25 bits per heavy atom. The van der Waals surface area contributed by atoms with Gasteiger partial charge in [0.1, 0.15) is 5.82 Å². The van der Waals surface area contributed by atoms with Crippen LogP contribution in [0.5, 0.6) is 0 Å². The Balaban J connectivity index is 2.40. The molecule has 2 rings (SSSR count). The first kappa shape index (κ1) is 11.5. The largest absolute Gasteiger partial charge is 0.319 e. The van der Waals surface area contributed by atoms with Crippen molar-refractivity contribution in [1.29, 1.82) is 0 Å². The van der Waals surface area contributed by atoms with Gasteiger partial charge >= 0.3 is 0 Å². The third-order valence-electron chi connectivity index (χ3n) is 2.25. The van der Waals surface area contributed by atoms with E-state index in [1.165, 1.54) is 29.5 Å². The van der Waals surface area contributed by atoms with Gasteiger partial charge in [0.05, 0.1) is 16.7 Å². The molecule has 0 saturated heterocycles. The van der Waals surface area contributed by atoms with Crippen molar-refractivity contribution in [2.45, 2.75) is 13.0 Å². The third kappa shape index (κ3) is 2.24. The van der Waals surface area contributed by atoms with Crippen LogP contribution in [0, 0.1) is 12.7 Å². The SMILES string of the molecule is Cc1nc(C(N)c2cc(F)ccc2Cl)cs1. The Bertz CT molecular complexity index is 512. The van der Waals surface area contributed by atoms with Gasteiger partial charge in [-0.1, -0.05) is 11.6 Å². The van der Waals surface area contributed by atoms with Crippen molar-refractivity contribution in [3.8, 4) is 0 Å². The number of aromatic nitrogens is 1. The summed E-state index contributed by atoms with van der Waals surface area (Å²) in [6.45, 7) is 1.90. The minimum Gasteiger partial charge on any atom is -0.319 e. The van der Waals surface area contributed by atoms with E-state index < -0.39 is 6.04 Å². The quantitative estimate of drug-likeness (QED) is 0.896. The number of thiazole rings is 1. The average Bonchev–Trinajstić information content (AvgIpc) is 2.67. The second kappa shape index (κ2) is 4.49. The fraction of sp³-hybridized carbons (Fsp3) is 0.182. The van der Waals surface area contributed by atoms with Crippen molar-refractivity contribution in [3.05, 3.63) is 50.7 Å². The van der Waals surface area contributed by atoms with Crippen LogP contribution in [0.4, 0.5) is 4.39 Å². The van der Waals surface area contributed by atoms with E-state index in [4.69, 9.17) is 17.3 Å². The molecule has 2 N–H and O–H groups in total. The Kier molecular flexibility index (Phi) is 3.23. The number of halogens is 2. The molecule has 0 amide bonds. The van der Waals surface area contributed by atoms with Crippen molar-refractivity contribution < 1.29 is 4.39 Å². The lowest BCUT2D eigenvalue weighted by atomic mass is 10.1. The summed E-state index contributed by atoms with van der Waals surface area (Å²) in [6, 6.07) is 3.69. The van der Waals surface area contributed by atoms with Crippen LogP contribution in [-0.4, -0.2) is 4.98 Å². The molecule has 2 nitrogen and oxygen atoms in total. The summed E-state index contributed by atoms with van der Waals surface area (Å²) in [5.74, 6) is -0.346. The topological polar surface area (TPSA) is 38.9 Å². The maximum Gasteiger partial charge on any atom is 0.123 e. The van der Waals surface area contributed by atoms with Gasteiger partial charge in [0.15, 0.2) is 0 Å². The van der Waals surface area contributed by atoms with Gasteiger partial charge in [0.25, 0.3) is 0 Å². The number of rotatable bonds is 2. The molecule has 2 aromatic rings. The predicted octanol–water partition coefficient (Wildman–Crippen LogP) is 3.29. The minimum absolute atomic E-state index is 0.346. The highest BCUT2D eigenvalue weighted by Gasteiger charge is 2.15. The van der Waals surface area contributed by atoms with E-state index in [0.29, 0.717) is 10.6 Å². The molecule has 1 heterocycles. The Morgan fingerprint density at radius 3 is 2.88 bits per heavy atom. The summed E-state index contributed by atoms with van der Waals surface area (Å²) < 4.78 is 13.1. The zero-order valence-electron chi connectivity index (χ0n) is 8.58. The number of nitrogens with two attached hydrogens (primary N) is 1. The smallest absolute Gasteiger partial charge is 0.123 e. The van der Waals surface area contributed by atoms with Crippen LogP contribution in [0.3, 0.4) is 0 Å². The second-order valence-electron chi connectivity index (χ2n) is 3.43. The first-order chi connectivity index (χ1) is 7.58. The molecule has 0 spiro atoms. The second-order valence-corrected chi connectivity index (χ2v) is 4.90. The molecule has 1 aromatic heterocycles. The van der Waals surface area contributed by atoms with Crippen LogP contribution < -0.4 is 5.73 Å². The maximum atomic E-state index is 13.1. The molecule has 0 saturated carbocycles. The maximum absolute atomic E-state index is 13.1. The highest BCUT2D eigenvalue weighted by atomic mass is 35.5. The van der Waals surface area contributed by atoms with Crippen molar-refractivity contribution in [2.75, 3.05) is 0 Å².